The molecule has 2 N–H and O–H groups in total. The van der Waals surface area contributed by atoms with Crippen molar-refractivity contribution >= 4 is 35.2 Å². The topological polar surface area (TPSA) is 93.7 Å². The third-order valence-corrected chi connectivity index (χ3v) is 4.93. The SMILES string of the molecule is CCCOc1ccc(NC(=O)CC2SCC(C(=O)OCC)NC2=O)cc1. The van der Waals surface area contributed by atoms with Crippen LogP contribution in [0.5, 0.6) is 5.75 Å². The van der Waals surface area contributed by atoms with Crippen molar-refractivity contribution in [1.82, 2.24) is 5.32 Å². The van der Waals surface area contributed by atoms with Gasteiger partial charge in [-0.1, -0.05) is 6.92 Å². The predicted molar refractivity (Wildman–Crippen MR) is 100 cm³/mol. The number of benzene rings is 1. The van der Waals surface area contributed by atoms with Crippen LogP contribution in [-0.2, 0) is 19.1 Å². The van der Waals surface area contributed by atoms with E-state index in [4.69, 9.17) is 9.47 Å². The van der Waals surface area contributed by atoms with E-state index in [1.807, 2.05) is 6.92 Å². The molecular weight excluding hydrogens is 356 g/mol. The minimum atomic E-state index is -0.651. The highest BCUT2D eigenvalue weighted by Crippen LogP contribution is 2.23. The van der Waals surface area contributed by atoms with Crippen molar-refractivity contribution in [3.8, 4) is 5.75 Å². The number of thioether (sulfide) groups is 1. The highest BCUT2D eigenvalue weighted by Gasteiger charge is 2.34. The number of carbonyl (C=O) groups excluding carboxylic acids is 3. The van der Waals surface area contributed by atoms with E-state index >= 15 is 0 Å². The Morgan fingerprint density at radius 2 is 2.00 bits per heavy atom. The average molecular weight is 380 g/mol. The van der Waals surface area contributed by atoms with Crippen LogP contribution in [0.1, 0.15) is 26.7 Å². The van der Waals surface area contributed by atoms with Gasteiger partial charge in [-0.2, -0.15) is 0 Å². The lowest BCUT2D eigenvalue weighted by Gasteiger charge is -2.27. The summed E-state index contributed by atoms with van der Waals surface area (Å²) in [5.41, 5.74) is 0.643. The van der Waals surface area contributed by atoms with Crippen molar-refractivity contribution in [3.05, 3.63) is 24.3 Å². The van der Waals surface area contributed by atoms with Crippen molar-refractivity contribution in [2.75, 3.05) is 24.3 Å². The number of hydrogen-bond donors (Lipinski definition) is 2. The predicted octanol–water partition coefficient (Wildman–Crippen LogP) is 1.97. The molecule has 0 bridgehead atoms. The fraction of sp³-hybridized carbons (Fsp3) is 0.500. The largest absolute Gasteiger partial charge is 0.494 e. The summed E-state index contributed by atoms with van der Waals surface area (Å²) in [5, 5.41) is 4.86. The fourth-order valence-electron chi connectivity index (χ4n) is 2.35. The van der Waals surface area contributed by atoms with Gasteiger partial charge in [-0.25, -0.2) is 4.79 Å². The smallest absolute Gasteiger partial charge is 0.329 e. The molecule has 1 saturated heterocycles. The fourth-order valence-corrected chi connectivity index (χ4v) is 3.48. The third-order valence-electron chi connectivity index (χ3n) is 3.63. The maximum Gasteiger partial charge on any atom is 0.329 e. The number of ether oxygens (including phenoxy) is 2. The minimum Gasteiger partial charge on any atom is -0.494 e. The molecule has 1 aromatic rings. The van der Waals surface area contributed by atoms with Crippen LogP contribution in [0.4, 0.5) is 5.69 Å². The highest BCUT2D eigenvalue weighted by molar-refractivity contribution is 8.00. The summed E-state index contributed by atoms with van der Waals surface area (Å²) in [6.45, 7) is 4.66. The lowest BCUT2D eigenvalue weighted by Crippen LogP contribution is -2.51. The van der Waals surface area contributed by atoms with Gasteiger partial charge in [0.1, 0.15) is 11.8 Å². The van der Waals surface area contributed by atoms with Gasteiger partial charge in [0.2, 0.25) is 11.8 Å². The molecule has 2 atom stereocenters. The Morgan fingerprint density at radius 1 is 1.27 bits per heavy atom. The first-order valence-corrected chi connectivity index (χ1v) is 9.69. The first-order chi connectivity index (χ1) is 12.5. The number of rotatable bonds is 8. The summed E-state index contributed by atoms with van der Waals surface area (Å²) in [5.74, 6) is 0.123. The van der Waals surface area contributed by atoms with Crippen molar-refractivity contribution < 1.29 is 23.9 Å². The molecule has 2 rings (SSSR count). The second-order valence-electron chi connectivity index (χ2n) is 5.76. The van der Waals surface area contributed by atoms with Crippen LogP contribution < -0.4 is 15.4 Å². The van der Waals surface area contributed by atoms with E-state index in [1.165, 1.54) is 11.8 Å². The van der Waals surface area contributed by atoms with Crippen LogP contribution in [0, 0.1) is 0 Å². The van der Waals surface area contributed by atoms with E-state index in [9.17, 15) is 14.4 Å². The molecule has 0 aromatic heterocycles. The summed E-state index contributed by atoms with van der Waals surface area (Å²) in [4.78, 5) is 36.0. The molecule has 0 spiro atoms. The molecule has 7 nitrogen and oxygen atoms in total. The van der Waals surface area contributed by atoms with Crippen molar-refractivity contribution in [1.29, 1.82) is 0 Å². The third kappa shape index (κ3) is 5.94. The molecule has 2 amide bonds. The maximum absolute atomic E-state index is 12.2. The van der Waals surface area contributed by atoms with Crippen molar-refractivity contribution in [3.63, 3.8) is 0 Å². The Bertz CT molecular complexity index is 635. The van der Waals surface area contributed by atoms with Crippen molar-refractivity contribution in [2.24, 2.45) is 0 Å². The lowest BCUT2D eigenvalue weighted by molar-refractivity contribution is -0.146. The summed E-state index contributed by atoms with van der Waals surface area (Å²) in [7, 11) is 0. The van der Waals surface area contributed by atoms with Crippen molar-refractivity contribution in [2.45, 2.75) is 38.0 Å². The number of nitrogens with one attached hydrogen (secondary N) is 2. The van der Waals surface area contributed by atoms with Crippen LogP contribution in [0.2, 0.25) is 0 Å². The average Bonchev–Trinajstić information content (AvgIpc) is 2.63. The van der Waals surface area contributed by atoms with E-state index in [0.717, 1.165) is 12.2 Å². The van der Waals surface area contributed by atoms with Gasteiger partial charge in [0.25, 0.3) is 0 Å². The lowest BCUT2D eigenvalue weighted by atomic mass is 10.2. The number of hydrogen-bond acceptors (Lipinski definition) is 6. The molecule has 0 aliphatic carbocycles. The number of esters is 1. The highest BCUT2D eigenvalue weighted by atomic mass is 32.2. The first kappa shape index (κ1) is 20.1. The number of amides is 2. The molecule has 2 unspecified atom stereocenters. The van der Waals surface area contributed by atoms with Gasteiger partial charge in [0.15, 0.2) is 0 Å². The van der Waals surface area contributed by atoms with E-state index < -0.39 is 17.3 Å². The zero-order chi connectivity index (χ0) is 18.9. The van der Waals surface area contributed by atoms with Crippen LogP contribution in [-0.4, -0.2) is 48.0 Å². The number of anilines is 1. The van der Waals surface area contributed by atoms with E-state index in [1.54, 1.807) is 31.2 Å². The molecule has 0 saturated carbocycles. The Labute approximate surface area is 157 Å². The summed E-state index contributed by atoms with van der Waals surface area (Å²) >= 11 is 1.29. The molecule has 1 fully saturated rings. The quantitative estimate of drug-likeness (QED) is 0.670. The zero-order valence-electron chi connectivity index (χ0n) is 14.9. The van der Waals surface area contributed by atoms with Crippen LogP contribution in [0.15, 0.2) is 24.3 Å². The van der Waals surface area contributed by atoms with Gasteiger partial charge in [0, 0.05) is 17.9 Å². The minimum absolute atomic E-state index is 0.0418. The Balaban J connectivity index is 1.81. The molecule has 0 radical (unpaired) electrons. The second-order valence-corrected chi connectivity index (χ2v) is 7.00. The van der Waals surface area contributed by atoms with Crippen LogP contribution in [0.25, 0.3) is 0 Å². The number of carbonyl (C=O) groups is 3. The normalized spacial score (nSPS) is 19.4. The summed E-state index contributed by atoms with van der Waals surface area (Å²) in [6.07, 6.45) is 0.969. The molecule has 1 aliphatic heterocycles. The molecule has 1 aliphatic rings. The first-order valence-electron chi connectivity index (χ1n) is 8.64. The van der Waals surface area contributed by atoms with Gasteiger partial charge in [-0.15, -0.1) is 11.8 Å². The van der Waals surface area contributed by atoms with Gasteiger partial charge in [-0.3, -0.25) is 9.59 Å². The Kier molecular flexibility index (Phi) is 7.77. The second kappa shape index (κ2) is 10.1. The van der Waals surface area contributed by atoms with Crippen LogP contribution in [0.3, 0.4) is 0 Å². The Hall–Kier alpha value is -2.22. The maximum atomic E-state index is 12.2. The van der Waals surface area contributed by atoms with E-state index in [2.05, 4.69) is 10.6 Å². The van der Waals surface area contributed by atoms with Crippen LogP contribution >= 0.6 is 11.8 Å². The standard InChI is InChI=1S/C18H24N2O5S/c1-3-9-25-13-7-5-12(6-8-13)19-16(21)10-15-17(22)20-14(11-26-15)18(23)24-4-2/h5-8,14-15H,3-4,9-11H2,1-2H3,(H,19,21)(H,20,22). The molecule has 26 heavy (non-hydrogen) atoms. The zero-order valence-corrected chi connectivity index (χ0v) is 15.8. The molecule has 142 valence electrons. The molecule has 8 heteroatoms. The van der Waals surface area contributed by atoms with E-state index in [0.29, 0.717) is 18.0 Å². The van der Waals surface area contributed by atoms with Gasteiger partial charge >= 0.3 is 5.97 Å². The van der Waals surface area contributed by atoms with Gasteiger partial charge < -0.3 is 20.1 Å². The summed E-state index contributed by atoms with van der Waals surface area (Å²) < 4.78 is 10.4. The molecule has 1 heterocycles. The van der Waals surface area contributed by atoms with Gasteiger partial charge in [0.05, 0.1) is 18.5 Å². The van der Waals surface area contributed by atoms with Gasteiger partial charge in [-0.05, 0) is 37.6 Å². The summed E-state index contributed by atoms with van der Waals surface area (Å²) in [6, 6.07) is 6.44. The Morgan fingerprint density at radius 3 is 2.62 bits per heavy atom. The molecular formula is C18H24N2O5S. The molecule has 1 aromatic carbocycles. The monoisotopic (exact) mass is 380 g/mol. The van der Waals surface area contributed by atoms with E-state index in [-0.39, 0.29) is 24.8 Å².